The van der Waals surface area contributed by atoms with E-state index < -0.39 is 0 Å². The third-order valence-electron chi connectivity index (χ3n) is 3.62. The van der Waals surface area contributed by atoms with Gasteiger partial charge in [-0.25, -0.2) is 9.97 Å². The molecule has 0 atom stereocenters. The van der Waals surface area contributed by atoms with E-state index in [0.717, 1.165) is 15.8 Å². The van der Waals surface area contributed by atoms with Gasteiger partial charge >= 0.3 is 0 Å². The van der Waals surface area contributed by atoms with E-state index in [9.17, 15) is 4.79 Å². The summed E-state index contributed by atoms with van der Waals surface area (Å²) in [5.41, 5.74) is 3.76. The molecule has 6 heteroatoms. The summed E-state index contributed by atoms with van der Waals surface area (Å²) < 4.78 is 1.11. The number of fused-ring (bicyclic) bond motifs is 1. The van der Waals surface area contributed by atoms with E-state index >= 15 is 0 Å². The minimum Gasteiger partial charge on any atom is -0.362 e. The number of aromatic nitrogens is 2. The molecule has 0 radical (unpaired) electrons. The summed E-state index contributed by atoms with van der Waals surface area (Å²) in [7, 11) is 3.73. The number of benzene rings is 1. The van der Waals surface area contributed by atoms with Crippen LogP contribution in [0.1, 0.15) is 21.5 Å². The third-order valence-corrected chi connectivity index (χ3v) is 4.72. The van der Waals surface area contributed by atoms with Gasteiger partial charge in [-0.2, -0.15) is 0 Å². The Morgan fingerprint density at radius 1 is 1.17 bits per heavy atom. The average Bonchev–Trinajstić information content (AvgIpc) is 2.96. The molecule has 0 aliphatic heterocycles. The Labute approximate surface area is 139 Å². The van der Waals surface area contributed by atoms with Crippen molar-refractivity contribution in [3.63, 3.8) is 0 Å². The summed E-state index contributed by atoms with van der Waals surface area (Å²) in [6, 6.07) is 7.65. The Balaban J connectivity index is 1.95. The summed E-state index contributed by atoms with van der Waals surface area (Å²) in [5.74, 6) is 0.439. The molecule has 0 unspecified atom stereocenters. The first-order valence-electron chi connectivity index (χ1n) is 7.28. The van der Waals surface area contributed by atoms with Crippen molar-refractivity contribution in [2.75, 3.05) is 24.3 Å². The number of anilines is 2. The van der Waals surface area contributed by atoms with E-state index in [0.29, 0.717) is 16.5 Å². The van der Waals surface area contributed by atoms with Crippen LogP contribution in [0.4, 0.5) is 10.9 Å². The number of nitrogens with one attached hydrogen (secondary N) is 1. The molecule has 1 amide bonds. The lowest BCUT2D eigenvalue weighted by Gasteiger charge is -2.14. The molecule has 2 heterocycles. The first kappa shape index (κ1) is 15.4. The molecule has 0 saturated carbocycles. The molecule has 3 aromatic rings. The molecular formula is C17H18N4OS. The summed E-state index contributed by atoms with van der Waals surface area (Å²) in [6.45, 7) is 4.08. The predicted molar refractivity (Wildman–Crippen MR) is 95.6 cm³/mol. The van der Waals surface area contributed by atoms with Crippen LogP contribution in [0.2, 0.25) is 0 Å². The largest absolute Gasteiger partial charge is 0.362 e. The molecule has 0 fully saturated rings. The SMILES string of the molecule is Cc1ccc(C)c2sc(NC(=O)c3cccnc3N(C)C)nc12. The summed E-state index contributed by atoms with van der Waals surface area (Å²) in [5, 5.41) is 3.51. The zero-order chi connectivity index (χ0) is 16.6. The fraction of sp³-hybridized carbons (Fsp3) is 0.235. The van der Waals surface area contributed by atoms with Crippen LogP contribution in [0, 0.1) is 13.8 Å². The minimum atomic E-state index is -0.198. The van der Waals surface area contributed by atoms with Crippen molar-refractivity contribution in [1.82, 2.24) is 9.97 Å². The maximum atomic E-state index is 12.6. The van der Waals surface area contributed by atoms with Crippen LogP contribution in [-0.2, 0) is 0 Å². The molecule has 1 aromatic carbocycles. The molecule has 118 valence electrons. The highest BCUT2D eigenvalue weighted by Gasteiger charge is 2.16. The van der Waals surface area contributed by atoms with E-state index in [1.165, 1.54) is 16.9 Å². The Morgan fingerprint density at radius 3 is 2.61 bits per heavy atom. The number of pyridine rings is 1. The lowest BCUT2D eigenvalue weighted by Crippen LogP contribution is -2.19. The molecule has 0 bridgehead atoms. The highest BCUT2D eigenvalue weighted by Crippen LogP contribution is 2.31. The van der Waals surface area contributed by atoms with E-state index in [1.54, 1.807) is 18.3 Å². The number of thiazole rings is 1. The van der Waals surface area contributed by atoms with Crippen molar-refractivity contribution in [3.05, 3.63) is 47.2 Å². The van der Waals surface area contributed by atoms with E-state index in [-0.39, 0.29) is 5.91 Å². The number of carbonyl (C=O) groups excluding carboxylic acids is 1. The number of hydrogen-bond acceptors (Lipinski definition) is 5. The van der Waals surface area contributed by atoms with Crippen molar-refractivity contribution < 1.29 is 4.79 Å². The number of nitrogens with zero attached hydrogens (tertiary/aromatic N) is 3. The van der Waals surface area contributed by atoms with Gasteiger partial charge in [0.05, 0.1) is 15.8 Å². The highest BCUT2D eigenvalue weighted by molar-refractivity contribution is 7.22. The van der Waals surface area contributed by atoms with Gasteiger partial charge in [0.1, 0.15) is 5.82 Å². The molecule has 23 heavy (non-hydrogen) atoms. The molecule has 5 nitrogen and oxygen atoms in total. The quantitative estimate of drug-likeness (QED) is 0.798. The lowest BCUT2D eigenvalue weighted by molar-refractivity contribution is 0.102. The van der Waals surface area contributed by atoms with Gasteiger partial charge in [0.25, 0.3) is 5.91 Å². The van der Waals surface area contributed by atoms with Gasteiger partial charge < -0.3 is 4.90 Å². The smallest absolute Gasteiger partial charge is 0.261 e. The Kier molecular flexibility index (Phi) is 4.00. The second-order valence-electron chi connectivity index (χ2n) is 5.62. The van der Waals surface area contributed by atoms with E-state index in [4.69, 9.17) is 0 Å². The number of amides is 1. The van der Waals surface area contributed by atoms with Crippen molar-refractivity contribution >= 4 is 38.4 Å². The first-order chi connectivity index (χ1) is 11.0. The molecule has 2 aromatic heterocycles. The zero-order valence-electron chi connectivity index (χ0n) is 13.5. The maximum Gasteiger partial charge on any atom is 0.261 e. The number of aryl methyl sites for hydroxylation is 2. The molecule has 0 spiro atoms. The van der Waals surface area contributed by atoms with E-state index in [2.05, 4.69) is 28.3 Å². The summed E-state index contributed by atoms with van der Waals surface area (Å²) in [6.07, 6.45) is 1.68. The topological polar surface area (TPSA) is 58.1 Å². The van der Waals surface area contributed by atoms with Crippen LogP contribution >= 0.6 is 11.3 Å². The van der Waals surface area contributed by atoms with Crippen LogP contribution in [0.3, 0.4) is 0 Å². The van der Waals surface area contributed by atoms with Crippen molar-refractivity contribution in [1.29, 1.82) is 0 Å². The predicted octanol–water partition coefficient (Wildman–Crippen LogP) is 3.63. The van der Waals surface area contributed by atoms with Crippen LogP contribution in [0.25, 0.3) is 10.2 Å². The van der Waals surface area contributed by atoms with Crippen molar-refractivity contribution in [2.45, 2.75) is 13.8 Å². The monoisotopic (exact) mass is 326 g/mol. The van der Waals surface area contributed by atoms with Gasteiger partial charge in [0.2, 0.25) is 0 Å². The average molecular weight is 326 g/mol. The van der Waals surface area contributed by atoms with Crippen LogP contribution in [0.5, 0.6) is 0 Å². The summed E-state index contributed by atoms with van der Waals surface area (Å²) >= 11 is 1.50. The van der Waals surface area contributed by atoms with Crippen molar-refractivity contribution in [3.8, 4) is 0 Å². The van der Waals surface area contributed by atoms with Gasteiger partial charge in [-0.05, 0) is 37.1 Å². The van der Waals surface area contributed by atoms with Crippen LogP contribution in [-0.4, -0.2) is 30.0 Å². The highest BCUT2D eigenvalue weighted by atomic mass is 32.1. The molecule has 3 rings (SSSR count). The lowest BCUT2D eigenvalue weighted by atomic mass is 10.1. The van der Waals surface area contributed by atoms with Crippen molar-refractivity contribution in [2.24, 2.45) is 0 Å². The number of rotatable bonds is 3. The molecule has 0 aliphatic carbocycles. The van der Waals surface area contributed by atoms with Crippen LogP contribution < -0.4 is 10.2 Å². The van der Waals surface area contributed by atoms with Crippen LogP contribution in [0.15, 0.2) is 30.5 Å². The zero-order valence-corrected chi connectivity index (χ0v) is 14.4. The summed E-state index contributed by atoms with van der Waals surface area (Å²) in [4.78, 5) is 23.2. The Hall–Kier alpha value is -2.47. The Morgan fingerprint density at radius 2 is 1.91 bits per heavy atom. The van der Waals surface area contributed by atoms with Gasteiger partial charge in [-0.3, -0.25) is 10.1 Å². The number of carbonyl (C=O) groups is 1. The minimum absolute atomic E-state index is 0.198. The molecular weight excluding hydrogens is 308 g/mol. The molecule has 0 aliphatic rings. The standard InChI is InChI=1S/C17H18N4OS/c1-10-7-8-11(2)14-13(10)19-17(23-14)20-16(22)12-6-5-9-18-15(12)21(3)4/h5-9H,1-4H3,(H,19,20,22). The second-order valence-corrected chi connectivity index (χ2v) is 6.62. The van der Waals surface area contributed by atoms with Gasteiger partial charge in [-0.1, -0.05) is 23.5 Å². The number of hydrogen-bond donors (Lipinski definition) is 1. The Bertz CT molecular complexity index is 846. The van der Waals surface area contributed by atoms with Gasteiger partial charge in [0, 0.05) is 20.3 Å². The maximum absolute atomic E-state index is 12.6. The van der Waals surface area contributed by atoms with E-state index in [1.807, 2.05) is 32.0 Å². The van der Waals surface area contributed by atoms with Gasteiger partial charge in [0.15, 0.2) is 5.13 Å². The fourth-order valence-electron chi connectivity index (χ4n) is 2.41. The van der Waals surface area contributed by atoms with Gasteiger partial charge in [-0.15, -0.1) is 0 Å². The fourth-order valence-corrected chi connectivity index (χ4v) is 3.41. The normalized spacial score (nSPS) is 10.8. The first-order valence-corrected chi connectivity index (χ1v) is 8.09. The third kappa shape index (κ3) is 2.90. The molecule has 1 N–H and O–H groups in total. The molecule has 0 saturated heterocycles. The second kappa shape index (κ2) is 5.96.